The summed E-state index contributed by atoms with van der Waals surface area (Å²) in [5.74, 6) is 3.90. The molecule has 0 radical (unpaired) electrons. The van der Waals surface area contributed by atoms with Gasteiger partial charge in [-0.05, 0) is 49.2 Å². The van der Waals surface area contributed by atoms with E-state index in [4.69, 9.17) is 11.6 Å². The predicted molar refractivity (Wildman–Crippen MR) is 110 cm³/mol. The Bertz CT molecular complexity index is 1160. The normalized spacial score (nSPS) is 15.3. The lowest BCUT2D eigenvalue weighted by atomic mass is 10.1. The number of rotatable bonds is 4. The lowest BCUT2D eigenvalue weighted by Crippen LogP contribution is -2.25. The van der Waals surface area contributed by atoms with Gasteiger partial charge in [0.25, 0.3) is 5.91 Å². The van der Waals surface area contributed by atoms with Crippen molar-refractivity contribution in [1.82, 2.24) is 0 Å². The summed E-state index contributed by atoms with van der Waals surface area (Å²) in [6.07, 6.45) is 0. The first-order chi connectivity index (χ1) is 12.4. The van der Waals surface area contributed by atoms with Crippen LogP contribution in [-0.4, -0.2) is 22.5 Å². The number of amides is 1. The zero-order valence-corrected chi connectivity index (χ0v) is 15.7. The molecule has 1 N–H and O–H groups in total. The topological polar surface area (TPSA) is 49.4 Å². The Morgan fingerprint density at radius 3 is 2.65 bits per heavy atom. The summed E-state index contributed by atoms with van der Waals surface area (Å²) in [6, 6.07) is 16.2. The molecule has 3 aromatic carbocycles. The Kier molecular flexibility index (Phi) is 3.93. The minimum Gasteiger partial charge on any atom is -0.309 e. The van der Waals surface area contributed by atoms with Crippen LogP contribution >= 0.6 is 11.6 Å². The van der Waals surface area contributed by atoms with Crippen LogP contribution in [0.4, 0.5) is 11.4 Å². The van der Waals surface area contributed by atoms with Crippen molar-refractivity contribution in [2.75, 3.05) is 16.2 Å². The van der Waals surface area contributed by atoms with Crippen molar-refractivity contribution >= 4 is 55.2 Å². The second-order valence-corrected chi connectivity index (χ2v) is 8.58. The van der Waals surface area contributed by atoms with Crippen LogP contribution in [0.2, 0.25) is 5.02 Å². The molecule has 132 valence electrons. The molecule has 1 atom stereocenters. The summed E-state index contributed by atoms with van der Waals surface area (Å²) in [6.45, 7) is 2.53. The van der Waals surface area contributed by atoms with Crippen molar-refractivity contribution in [2.45, 2.75) is 11.8 Å². The summed E-state index contributed by atoms with van der Waals surface area (Å²) >= 11 is 6.02. The van der Waals surface area contributed by atoms with E-state index in [-0.39, 0.29) is 5.91 Å². The Balaban J connectivity index is 1.89. The Morgan fingerprint density at radius 1 is 1.15 bits per heavy atom. The number of hydrogen-bond donors (Lipinski definition) is 1. The summed E-state index contributed by atoms with van der Waals surface area (Å²) in [5.41, 5.74) is 2.12. The van der Waals surface area contributed by atoms with Crippen molar-refractivity contribution in [3.63, 3.8) is 0 Å². The molecule has 0 spiro atoms. The number of halogens is 1. The summed E-state index contributed by atoms with van der Waals surface area (Å²) < 4.78 is 16.4. The van der Waals surface area contributed by atoms with Crippen LogP contribution < -0.4 is 9.62 Å². The highest BCUT2D eigenvalue weighted by atomic mass is 35.5. The Labute approximate surface area is 157 Å². The Hall–Kier alpha value is -2.50. The van der Waals surface area contributed by atoms with Gasteiger partial charge in [-0.2, -0.15) is 0 Å². The lowest BCUT2D eigenvalue weighted by molar-refractivity contribution is 0.0994. The molecule has 1 aliphatic rings. The monoisotopic (exact) mass is 384 g/mol. The molecule has 1 unspecified atom stereocenters. The van der Waals surface area contributed by atoms with Crippen LogP contribution in [0.15, 0.2) is 59.5 Å². The number of carbonyl (C=O) groups excluding carboxylic acids is 1. The number of nitrogens with zero attached hydrogens (tertiary/aromatic N) is 1. The van der Waals surface area contributed by atoms with E-state index in [9.17, 15) is 9.00 Å². The van der Waals surface area contributed by atoms with E-state index in [1.54, 1.807) is 35.2 Å². The number of carbonyl (C=O) groups is 1. The van der Waals surface area contributed by atoms with E-state index in [0.29, 0.717) is 27.7 Å². The molecule has 0 saturated carbocycles. The van der Waals surface area contributed by atoms with Crippen LogP contribution in [0.5, 0.6) is 0 Å². The number of nitrogens with one attached hydrogen (secondary N) is 1. The smallest absolute Gasteiger partial charge is 0.258 e. The van der Waals surface area contributed by atoms with Crippen molar-refractivity contribution < 1.29 is 9.00 Å². The molecule has 0 bridgehead atoms. The van der Waals surface area contributed by atoms with Gasteiger partial charge in [-0.25, -0.2) is 4.21 Å². The highest BCUT2D eigenvalue weighted by molar-refractivity contribution is 8.01. The summed E-state index contributed by atoms with van der Waals surface area (Å²) in [4.78, 5) is 14.9. The predicted octanol–water partition coefficient (Wildman–Crippen LogP) is 4.58. The van der Waals surface area contributed by atoms with E-state index in [1.807, 2.05) is 31.2 Å². The first-order valence-corrected chi connectivity index (χ1v) is 10.3. The number of anilines is 2. The third kappa shape index (κ3) is 2.55. The Morgan fingerprint density at radius 2 is 1.92 bits per heavy atom. The first-order valence-electron chi connectivity index (χ1n) is 8.20. The molecular weight excluding hydrogens is 368 g/mol. The molecule has 4 nitrogen and oxygen atoms in total. The highest BCUT2D eigenvalue weighted by Gasteiger charge is 2.30. The fourth-order valence-electron chi connectivity index (χ4n) is 3.42. The van der Waals surface area contributed by atoms with Crippen LogP contribution in [0.3, 0.4) is 0 Å². The van der Waals surface area contributed by atoms with Crippen molar-refractivity contribution in [3.8, 4) is 0 Å². The van der Waals surface area contributed by atoms with E-state index >= 15 is 0 Å². The van der Waals surface area contributed by atoms with Gasteiger partial charge in [-0.3, -0.25) is 4.79 Å². The van der Waals surface area contributed by atoms with Crippen molar-refractivity contribution in [3.05, 3.63) is 65.2 Å². The second kappa shape index (κ2) is 6.04. The molecule has 4 rings (SSSR count). The molecule has 1 heterocycles. The molecule has 0 aromatic heterocycles. The molecule has 6 heteroatoms. The van der Waals surface area contributed by atoms with Gasteiger partial charge < -0.3 is 9.62 Å². The van der Waals surface area contributed by atoms with Crippen molar-refractivity contribution in [2.24, 2.45) is 0 Å². The molecule has 3 aromatic rings. The highest BCUT2D eigenvalue weighted by Crippen LogP contribution is 2.40. The zero-order chi connectivity index (χ0) is 18.5. The van der Waals surface area contributed by atoms with Gasteiger partial charge in [0.1, 0.15) is 0 Å². The van der Waals surface area contributed by atoms with Crippen LogP contribution in [0, 0.1) is 0 Å². The fraction of sp³-hybridized carbons (Fsp3) is 0.100. The van der Waals surface area contributed by atoms with E-state index in [1.165, 1.54) is 0 Å². The van der Waals surface area contributed by atoms with Gasteiger partial charge in [0.2, 0.25) is 0 Å². The maximum atomic E-state index is 13.4. The van der Waals surface area contributed by atoms with E-state index < -0.39 is 9.71 Å². The zero-order valence-electron chi connectivity index (χ0n) is 14.2. The van der Waals surface area contributed by atoms with Crippen LogP contribution in [-0.2, 0) is 9.71 Å². The summed E-state index contributed by atoms with van der Waals surface area (Å²) in [7, 11) is -2.84. The SMILES string of the molecule is C=S(=O)(Nc1cccc(Cl)c1)c1ccc2c3c(cccc13)C(=O)N2CC. The molecule has 1 aliphatic heterocycles. The first kappa shape index (κ1) is 16.9. The molecule has 26 heavy (non-hydrogen) atoms. The average Bonchev–Trinajstić information content (AvgIpc) is 2.88. The largest absolute Gasteiger partial charge is 0.309 e. The van der Waals surface area contributed by atoms with Gasteiger partial charge >= 0.3 is 0 Å². The van der Waals surface area contributed by atoms with Gasteiger partial charge in [-0.1, -0.05) is 29.8 Å². The quantitative estimate of drug-likeness (QED) is 0.669. The number of hydrogen-bond acceptors (Lipinski definition) is 2. The van der Waals surface area contributed by atoms with Gasteiger partial charge in [0, 0.05) is 33.6 Å². The molecule has 1 amide bonds. The molecular formula is C20H17ClN2O2S. The van der Waals surface area contributed by atoms with E-state index in [0.717, 1.165) is 16.5 Å². The number of benzene rings is 3. The van der Waals surface area contributed by atoms with Gasteiger partial charge in [0.05, 0.1) is 20.3 Å². The maximum Gasteiger partial charge on any atom is 0.258 e. The third-order valence-corrected chi connectivity index (χ3v) is 6.39. The third-order valence-electron chi connectivity index (χ3n) is 4.52. The molecule has 0 fully saturated rings. The van der Waals surface area contributed by atoms with Gasteiger partial charge in [0.15, 0.2) is 0 Å². The van der Waals surface area contributed by atoms with E-state index in [2.05, 4.69) is 10.6 Å². The molecule has 0 aliphatic carbocycles. The average molecular weight is 385 g/mol. The minimum absolute atomic E-state index is 0.0244. The van der Waals surface area contributed by atoms with Crippen molar-refractivity contribution in [1.29, 1.82) is 0 Å². The van der Waals surface area contributed by atoms with Crippen LogP contribution in [0.25, 0.3) is 10.8 Å². The standard InChI is InChI=1S/C20H17ClN2O2S/c1-3-23-17-10-11-18(15-8-5-9-16(19(15)17)20(23)24)26(2,25)22-14-7-4-6-13(21)12-14/h4-12H,2-3H2,1H3,(H,22,25). The van der Waals surface area contributed by atoms with Crippen LogP contribution in [0.1, 0.15) is 17.3 Å². The molecule has 0 saturated heterocycles. The van der Waals surface area contributed by atoms with Gasteiger partial charge in [-0.15, -0.1) is 0 Å². The second-order valence-electron chi connectivity index (χ2n) is 6.15. The summed E-state index contributed by atoms with van der Waals surface area (Å²) in [5, 5.41) is 2.16. The maximum absolute atomic E-state index is 13.4. The minimum atomic E-state index is -2.84. The fourth-order valence-corrected chi connectivity index (χ4v) is 5.04. The lowest BCUT2D eigenvalue weighted by Gasteiger charge is -2.18.